The molecule has 1 aromatic carbocycles. The number of anilines is 1. The molecule has 1 aromatic heterocycles. The molecule has 18 heavy (non-hydrogen) atoms. The summed E-state index contributed by atoms with van der Waals surface area (Å²) >= 11 is 0. The Bertz CT molecular complexity index is 555. The highest BCUT2D eigenvalue weighted by Gasteiger charge is 2.12. The van der Waals surface area contributed by atoms with Gasteiger partial charge in [-0.3, -0.25) is 9.48 Å². The standard InChI is InChI=1S/C14H17N3O/c1-4-11-5-7-12(8-6-11)15-14(18)13-10(2)9-17(3)16-13/h5-9H,4H2,1-3H3,(H,15,18). The number of rotatable bonds is 3. The van der Waals surface area contributed by atoms with Crippen molar-refractivity contribution in [3.05, 3.63) is 47.3 Å². The van der Waals surface area contributed by atoms with Crippen LogP contribution in [0.5, 0.6) is 0 Å². The zero-order chi connectivity index (χ0) is 13.1. The van der Waals surface area contributed by atoms with Crippen LogP contribution >= 0.6 is 0 Å². The van der Waals surface area contributed by atoms with Crippen LogP contribution in [0.4, 0.5) is 5.69 Å². The van der Waals surface area contributed by atoms with Gasteiger partial charge in [-0.1, -0.05) is 19.1 Å². The largest absolute Gasteiger partial charge is 0.321 e. The van der Waals surface area contributed by atoms with Crippen molar-refractivity contribution in [2.75, 3.05) is 5.32 Å². The molecule has 0 aliphatic carbocycles. The number of nitrogens with one attached hydrogen (secondary N) is 1. The number of amides is 1. The molecule has 0 saturated heterocycles. The van der Waals surface area contributed by atoms with Gasteiger partial charge in [0.15, 0.2) is 5.69 Å². The molecule has 0 unspecified atom stereocenters. The third-order valence-corrected chi connectivity index (χ3v) is 2.85. The molecular formula is C14H17N3O. The number of nitrogens with zero attached hydrogens (tertiary/aromatic N) is 2. The lowest BCUT2D eigenvalue weighted by atomic mass is 10.1. The first-order chi connectivity index (χ1) is 8.60. The fourth-order valence-corrected chi connectivity index (χ4v) is 1.85. The molecular weight excluding hydrogens is 226 g/mol. The normalized spacial score (nSPS) is 10.4. The zero-order valence-electron chi connectivity index (χ0n) is 10.9. The van der Waals surface area contributed by atoms with Crippen molar-refractivity contribution in [3.8, 4) is 0 Å². The smallest absolute Gasteiger partial charge is 0.276 e. The number of benzene rings is 1. The van der Waals surface area contributed by atoms with Gasteiger partial charge >= 0.3 is 0 Å². The SMILES string of the molecule is CCc1ccc(NC(=O)c2nn(C)cc2C)cc1. The van der Waals surface area contributed by atoms with E-state index >= 15 is 0 Å². The van der Waals surface area contributed by atoms with Gasteiger partial charge in [-0.05, 0) is 31.0 Å². The van der Waals surface area contributed by atoms with Crippen LogP contribution in [0.3, 0.4) is 0 Å². The first kappa shape index (κ1) is 12.4. The number of hydrogen-bond donors (Lipinski definition) is 1. The highest BCUT2D eigenvalue weighted by Crippen LogP contribution is 2.12. The van der Waals surface area contributed by atoms with E-state index in [0.717, 1.165) is 17.7 Å². The van der Waals surface area contributed by atoms with E-state index in [9.17, 15) is 4.79 Å². The first-order valence-corrected chi connectivity index (χ1v) is 6.00. The van der Waals surface area contributed by atoms with Crippen LogP contribution in [-0.2, 0) is 13.5 Å². The van der Waals surface area contributed by atoms with Gasteiger partial charge in [0.2, 0.25) is 0 Å². The van der Waals surface area contributed by atoms with Crippen LogP contribution in [0, 0.1) is 6.92 Å². The summed E-state index contributed by atoms with van der Waals surface area (Å²) in [4.78, 5) is 12.0. The van der Waals surface area contributed by atoms with Crippen molar-refractivity contribution >= 4 is 11.6 Å². The predicted molar refractivity (Wildman–Crippen MR) is 71.7 cm³/mol. The van der Waals surface area contributed by atoms with E-state index in [-0.39, 0.29) is 5.91 Å². The molecule has 0 aliphatic rings. The maximum absolute atomic E-state index is 12.0. The lowest BCUT2D eigenvalue weighted by Gasteiger charge is -2.04. The molecule has 0 radical (unpaired) electrons. The van der Waals surface area contributed by atoms with Crippen LogP contribution in [0.2, 0.25) is 0 Å². The summed E-state index contributed by atoms with van der Waals surface area (Å²) in [6, 6.07) is 7.85. The van der Waals surface area contributed by atoms with Crippen LogP contribution in [-0.4, -0.2) is 15.7 Å². The summed E-state index contributed by atoms with van der Waals surface area (Å²) < 4.78 is 1.64. The van der Waals surface area contributed by atoms with E-state index in [1.54, 1.807) is 11.7 Å². The monoisotopic (exact) mass is 243 g/mol. The van der Waals surface area contributed by atoms with E-state index < -0.39 is 0 Å². The predicted octanol–water partition coefficient (Wildman–Crippen LogP) is 2.54. The molecule has 0 saturated carbocycles. The minimum atomic E-state index is -0.169. The van der Waals surface area contributed by atoms with Gasteiger partial charge < -0.3 is 5.32 Å². The summed E-state index contributed by atoms with van der Waals surface area (Å²) in [7, 11) is 1.81. The molecule has 1 heterocycles. The fraction of sp³-hybridized carbons (Fsp3) is 0.286. The minimum Gasteiger partial charge on any atom is -0.321 e. The van der Waals surface area contributed by atoms with Crippen LogP contribution in [0.25, 0.3) is 0 Å². The summed E-state index contributed by atoms with van der Waals surface area (Å²) in [5.41, 5.74) is 3.39. The Morgan fingerprint density at radius 3 is 2.50 bits per heavy atom. The summed E-state index contributed by atoms with van der Waals surface area (Å²) in [6.45, 7) is 3.98. The third-order valence-electron chi connectivity index (χ3n) is 2.85. The Hall–Kier alpha value is -2.10. The highest BCUT2D eigenvalue weighted by atomic mass is 16.1. The van der Waals surface area contributed by atoms with E-state index in [4.69, 9.17) is 0 Å². The number of carbonyl (C=O) groups is 1. The number of carbonyl (C=O) groups excluding carboxylic acids is 1. The molecule has 2 rings (SSSR count). The number of aryl methyl sites for hydroxylation is 3. The Balaban J connectivity index is 2.13. The Morgan fingerprint density at radius 1 is 1.33 bits per heavy atom. The van der Waals surface area contributed by atoms with Crippen molar-refractivity contribution < 1.29 is 4.79 Å². The third kappa shape index (κ3) is 2.59. The molecule has 94 valence electrons. The fourth-order valence-electron chi connectivity index (χ4n) is 1.85. The van der Waals surface area contributed by atoms with Crippen molar-refractivity contribution in [2.24, 2.45) is 7.05 Å². The van der Waals surface area contributed by atoms with Crippen molar-refractivity contribution in [1.29, 1.82) is 0 Å². The van der Waals surface area contributed by atoms with E-state index in [1.807, 2.05) is 37.4 Å². The molecule has 1 amide bonds. The van der Waals surface area contributed by atoms with Crippen molar-refractivity contribution in [2.45, 2.75) is 20.3 Å². The van der Waals surface area contributed by atoms with Crippen molar-refractivity contribution in [1.82, 2.24) is 9.78 Å². The lowest BCUT2D eigenvalue weighted by molar-refractivity contribution is 0.102. The average molecular weight is 243 g/mol. The second-order valence-electron chi connectivity index (χ2n) is 4.34. The van der Waals surface area contributed by atoms with Gasteiger partial charge in [0, 0.05) is 24.5 Å². The van der Waals surface area contributed by atoms with E-state index in [1.165, 1.54) is 5.56 Å². The number of aromatic nitrogens is 2. The van der Waals surface area contributed by atoms with Gasteiger partial charge in [0.25, 0.3) is 5.91 Å². The van der Waals surface area contributed by atoms with Crippen LogP contribution in [0.1, 0.15) is 28.5 Å². The molecule has 4 heteroatoms. The quantitative estimate of drug-likeness (QED) is 0.900. The summed E-state index contributed by atoms with van der Waals surface area (Å²) in [5, 5.41) is 6.99. The Morgan fingerprint density at radius 2 is 2.00 bits per heavy atom. The van der Waals surface area contributed by atoms with Gasteiger partial charge in [0.05, 0.1) is 0 Å². The highest BCUT2D eigenvalue weighted by molar-refractivity contribution is 6.03. The molecule has 0 spiro atoms. The maximum Gasteiger partial charge on any atom is 0.276 e. The van der Waals surface area contributed by atoms with Gasteiger partial charge in [0.1, 0.15) is 0 Å². The number of hydrogen-bond acceptors (Lipinski definition) is 2. The molecule has 0 bridgehead atoms. The summed E-state index contributed by atoms with van der Waals surface area (Å²) in [5.74, 6) is -0.169. The maximum atomic E-state index is 12.0. The molecule has 2 aromatic rings. The molecule has 0 aliphatic heterocycles. The zero-order valence-corrected chi connectivity index (χ0v) is 10.9. The van der Waals surface area contributed by atoms with Crippen LogP contribution in [0.15, 0.2) is 30.5 Å². The lowest BCUT2D eigenvalue weighted by Crippen LogP contribution is -2.14. The van der Waals surface area contributed by atoms with Gasteiger partial charge in [-0.2, -0.15) is 5.10 Å². The second kappa shape index (κ2) is 5.04. The Labute approximate surface area is 107 Å². The van der Waals surface area contributed by atoms with E-state index in [0.29, 0.717) is 5.69 Å². The van der Waals surface area contributed by atoms with Gasteiger partial charge in [-0.25, -0.2) is 0 Å². The summed E-state index contributed by atoms with van der Waals surface area (Å²) in [6.07, 6.45) is 2.82. The first-order valence-electron chi connectivity index (χ1n) is 6.00. The molecule has 0 fully saturated rings. The van der Waals surface area contributed by atoms with Crippen LogP contribution < -0.4 is 5.32 Å². The second-order valence-corrected chi connectivity index (χ2v) is 4.34. The minimum absolute atomic E-state index is 0.169. The van der Waals surface area contributed by atoms with Crippen molar-refractivity contribution in [3.63, 3.8) is 0 Å². The molecule has 0 atom stereocenters. The molecule has 1 N–H and O–H groups in total. The molecule has 4 nitrogen and oxygen atoms in total. The average Bonchev–Trinajstić information content (AvgIpc) is 2.69. The topological polar surface area (TPSA) is 46.9 Å². The van der Waals surface area contributed by atoms with Gasteiger partial charge in [-0.15, -0.1) is 0 Å². The Kier molecular flexibility index (Phi) is 3.46. The van der Waals surface area contributed by atoms with E-state index in [2.05, 4.69) is 17.3 Å².